The molecule has 1 saturated heterocycles. The minimum atomic E-state index is -0.0801. The zero-order valence-corrected chi connectivity index (χ0v) is 10.8. The van der Waals surface area contributed by atoms with E-state index in [1.807, 2.05) is 0 Å². The summed E-state index contributed by atoms with van der Waals surface area (Å²) in [5.74, 6) is 0.0977. The van der Waals surface area contributed by atoms with Crippen LogP contribution in [0.2, 0.25) is 0 Å². The lowest BCUT2D eigenvalue weighted by atomic mass is 9.92. The lowest BCUT2D eigenvalue weighted by molar-refractivity contribution is -0.120. The summed E-state index contributed by atoms with van der Waals surface area (Å²) in [4.78, 5) is 23.3. The normalized spacial score (nSPS) is 23.7. The van der Waals surface area contributed by atoms with Crippen LogP contribution in [0.3, 0.4) is 0 Å². The predicted molar refractivity (Wildman–Crippen MR) is 70.5 cm³/mol. The summed E-state index contributed by atoms with van der Waals surface area (Å²) in [5, 5.41) is 6.20. The standard InChI is InChI=1S/C13H19N3O2/c1-9-7-10(5-6-14-9)13(18)15-11-3-4-12(17)16(2)8-11/h3-4,8-10,14H,5-7H2,1-2H3,(H,15,18). The molecule has 2 N–H and O–H groups in total. The number of piperidine rings is 1. The van der Waals surface area contributed by atoms with Crippen LogP contribution in [0.5, 0.6) is 0 Å². The number of hydrogen-bond acceptors (Lipinski definition) is 3. The number of amides is 1. The molecule has 0 radical (unpaired) electrons. The Hall–Kier alpha value is -1.62. The number of hydrogen-bond donors (Lipinski definition) is 2. The number of nitrogens with zero attached hydrogens (tertiary/aromatic N) is 1. The molecule has 0 saturated carbocycles. The Kier molecular flexibility index (Phi) is 3.81. The molecule has 2 unspecified atom stereocenters. The summed E-state index contributed by atoms with van der Waals surface area (Å²) >= 11 is 0. The zero-order chi connectivity index (χ0) is 13.1. The van der Waals surface area contributed by atoms with Crippen LogP contribution in [0.15, 0.2) is 23.1 Å². The van der Waals surface area contributed by atoms with Gasteiger partial charge in [0.25, 0.3) is 0 Å². The van der Waals surface area contributed by atoms with Crippen molar-refractivity contribution in [3.8, 4) is 0 Å². The molecule has 0 aromatic carbocycles. The van der Waals surface area contributed by atoms with Crippen LogP contribution in [0, 0.1) is 5.92 Å². The summed E-state index contributed by atoms with van der Waals surface area (Å²) < 4.78 is 1.46. The highest BCUT2D eigenvalue weighted by Gasteiger charge is 2.24. The molecule has 1 aromatic heterocycles. The Bertz CT molecular complexity index is 495. The Morgan fingerprint density at radius 1 is 1.50 bits per heavy atom. The highest BCUT2D eigenvalue weighted by Crippen LogP contribution is 2.18. The third-order valence-electron chi connectivity index (χ3n) is 3.35. The van der Waals surface area contributed by atoms with Crippen LogP contribution < -0.4 is 16.2 Å². The SMILES string of the molecule is CC1CC(C(=O)Nc2ccc(=O)n(C)c2)CCN1. The van der Waals surface area contributed by atoms with E-state index in [-0.39, 0.29) is 17.4 Å². The number of carbonyl (C=O) groups excluding carboxylic acids is 1. The molecule has 1 aliphatic rings. The van der Waals surface area contributed by atoms with Gasteiger partial charge in [0.15, 0.2) is 0 Å². The van der Waals surface area contributed by atoms with Crippen LogP contribution in [-0.2, 0) is 11.8 Å². The van der Waals surface area contributed by atoms with E-state index in [0.29, 0.717) is 11.7 Å². The lowest BCUT2D eigenvalue weighted by Gasteiger charge is -2.27. The third kappa shape index (κ3) is 2.98. The van der Waals surface area contributed by atoms with E-state index in [9.17, 15) is 9.59 Å². The number of anilines is 1. The average molecular weight is 249 g/mol. The van der Waals surface area contributed by atoms with Crippen molar-refractivity contribution >= 4 is 11.6 Å². The molecule has 0 bridgehead atoms. The summed E-state index contributed by atoms with van der Waals surface area (Å²) in [6.45, 7) is 2.97. The van der Waals surface area contributed by atoms with Crippen molar-refractivity contribution in [3.63, 3.8) is 0 Å². The van der Waals surface area contributed by atoms with Crippen LogP contribution in [0.1, 0.15) is 19.8 Å². The Morgan fingerprint density at radius 3 is 2.94 bits per heavy atom. The molecule has 2 atom stereocenters. The smallest absolute Gasteiger partial charge is 0.250 e. The van der Waals surface area contributed by atoms with Gasteiger partial charge in [0, 0.05) is 31.3 Å². The first-order valence-electron chi connectivity index (χ1n) is 6.27. The van der Waals surface area contributed by atoms with E-state index >= 15 is 0 Å². The fraction of sp³-hybridized carbons (Fsp3) is 0.538. The molecule has 0 spiro atoms. The van der Waals surface area contributed by atoms with E-state index < -0.39 is 0 Å². The highest BCUT2D eigenvalue weighted by molar-refractivity contribution is 5.92. The zero-order valence-electron chi connectivity index (χ0n) is 10.8. The number of pyridine rings is 1. The van der Waals surface area contributed by atoms with Gasteiger partial charge in [-0.25, -0.2) is 0 Å². The molecule has 18 heavy (non-hydrogen) atoms. The third-order valence-corrected chi connectivity index (χ3v) is 3.35. The molecular formula is C13H19N3O2. The highest BCUT2D eigenvalue weighted by atomic mass is 16.2. The van der Waals surface area contributed by atoms with Crippen LogP contribution in [0.4, 0.5) is 5.69 Å². The van der Waals surface area contributed by atoms with Gasteiger partial charge >= 0.3 is 0 Å². The molecule has 5 nitrogen and oxygen atoms in total. The average Bonchev–Trinajstić information content (AvgIpc) is 2.34. The van der Waals surface area contributed by atoms with Gasteiger partial charge in [0.2, 0.25) is 11.5 Å². The molecule has 1 amide bonds. The van der Waals surface area contributed by atoms with Crippen LogP contribution >= 0.6 is 0 Å². The monoisotopic (exact) mass is 249 g/mol. The number of aryl methyl sites for hydroxylation is 1. The maximum atomic E-state index is 12.1. The van der Waals surface area contributed by atoms with Gasteiger partial charge in [-0.15, -0.1) is 0 Å². The lowest BCUT2D eigenvalue weighted by Crippen LogP contribution is -2.40. The van der Waals surface area contributed by atoms with E-state index in [0.717, 1.165) is 19.4 Å². The van der Waals surface area contributed by atoms with E-state index in [1.54, 1.807) is 19.3 Å². The fourth-order valence-electron chi connectivity index (χ4n) is 2.28. The van der Waals surface area contributed by atoms with Gasteiger partial charge < -0.3 is 15.2 Å². The second-order valence-corrected chi connectivity index (χ2v) is 4.93. The van der Waals surface area contributed by atoms with Gasteiger partial charge in [0.05, 0.1) is 5.69 Å². The predicted octanol–water partition coefficient (Wildman–Crippen LogP) is 0.712. The second-order valence-electron chi connectivity index (χ2n) is 4.93. The van der Waals surface area contributed by atoms with Crippen molar-refractivity contribution in [3.05, 3.63) is 28.7 Å². The molecule has 2 rings (SSSR count). The van der Waals surface area contributed by atoms with Crippen molar-refractivity contribution in [1.82, 2.24) is 9.88 Å². The van der Waals surface area contributed by atoms with Crippen molar-refractivity contribution < 1.29 is 4.79 Å². The minimum absolute atomic E-state index is 0.0435. The first-order valence-corrected chi connectivity index (χ1v) is 6.27. The minimum Gasteiger partial charge on any atom is -0.325 e. The Labute approximate surface area is 106 Å². The van der Waals surface area contributed by atoms with Gasteiger partial charge in [0.1, 0.15) is 0 Å². The second kappa shape index (κ2) is 5.35. The van der Waals surface area contributed by atoms with Crippen molar-refractivity contribution in [2.45, 2.75) is 25.8 Å². The van der Waals surface area contributed by atoms with Gasteiger partial charge in [-0.2, -0.15) is 0 Å². The molecular weight excluding hydrogens is 230 g/mol. The maximum absolute atomic E-state index is 12.1. The maximum Gasteiger partial charge on any atom is 0.250 e. The Morgan fingerprint density at radius 2 is 2.28 bits per heavy atom. The summed E-state index contributed by atoms with van der Waals surface area (Å²) in [7, 11) is 1.67. The number of carbonyl (C=O) groups is 1. The van der Waals surface area contributed by atoms with Crippen molar-refractivity contribution in [1.29, 1.82) is 0 Å². The van der Waals surface area contributed by atoms with Crippen molar-refractivity contribution in [2.75, 3.05) is 11.9 Å². The molecule has 2 heterocycles. The van der Waals surface area contributed by atoms with Gasteiger partial charge in [-0.05, 0) is 32.4 Å². The van der Waals surface area contributed by atoms with E-state index in [2.05, 4.69) is 17.6 Å². The quantitative estimate of drug-likeness (QED) is 0.811. The molecule has 1 fully saturated rings. The topological polar surface area (TPSA) is 63.1 Å². The molecule has 1 aliphatic heterocycles. The van der Waals surface area contributed by atoms with Crippen LogP contribution in [-0.4, -0.2) is 23.1 Å². The molecule has 98 valence electrons. The molecule has 1 aromatic rings. The molecule has 0 aliphatic carbocycles. The first-order chi connectivity index (χ1) is 8.56. The van der Waals surface area contributed by atoms with Crippen LogP contribution in [0.25, 0.3) is 0 Å². The largest absolute Gasteiger partial charge is 0.325 e. The number of aromatic nitrogens is 1. The Balaban J connectivity index is 2.02. The van der Waals surface area contributed by atoms with Gasteiger partial charge in [-0.1, -0.05) is 0 Å². The first kappa shape index (κ1) is 12.8. The summed E-state index contributed by atoms with van der Waals surface area (Å²) in [5.41, 5.74) is 0.594. The summed E-state index contributed by atoms with van der Waals surface area (Å²) in [6, 6.07) is 3.49. The van der Waals surface area contributed by atoms with E-state index in [4.69, 9.17) is 0 Å². The van der Waals surface area contributed by atoms with E-state index in [1.165, 1.54) is 10.6 Å². The fourth-order valence-corrected chi connectivity index (χ4v) is 2.28. The summed E-state index contributed by atoms with van der Waals surface area (Å²) in [6.07, 6.45) is 3.37. The number of rotatable bonds is 2. The van der Waals surface area contributed by atoms with Crippen molar-refractivity contribution in [2.24, 2.45) is 13.0 Å². The van der Waals surface area contributed by atoms with Gasteiger partial charge in [-0.3, -0.25) is 9.59 Å². The molecule has 5 heteroatoms. The number of nitrogens with one attached hydrogen (secondary N) is 2.